The fourth-order valence-corrected chi connectivity index (χ4v) is 1.25. The highest BCUT2D eigenvalue weighted by Crippen LogP contribution is 2.15. The van der Waals surface area contributed by atoms with E-state index in [1.807, 2.05) is 6.92 Å². The van der Waals surface area contributed by atoms with E-state index in [4.69, 9.17) is 14.6 Å². The molecule has 3 unspecified atom stereocenters. The highest BCUT2D eigenvalue weighted by atomic mass is 16.6. The van der Waals surface area contributed by atoms with Crippen LogP contribution in [0, 0.1) is 0 Å². The van der Waals surface area contributed by atoms with Gasteiger partial charge in [0.1, 0.15) is 24.4 Å². The molecule has 0 amide bonds. The van der Waals surface area contributed by atoms with E-state index in [0.29, 0.717) is 6.61 Å². The molecule has 1 fully saturated rings. The molecule has 5 heteroatoms. The lowest BCUT2D eigenvalue weighted by Crippen LogP contribution is -2.54. The van der Waals surface area contributed by atoms with Crippen molar-refractivity contribution in [2.75, 3.05) is 19.8 Å². The second-order valence-electron chi connectivity index (χ2n) is 3.08. The largest absolute Gasteiger partial charge is 0.388 e. The lowest BCUT2D eigenvalue weighted by atomic mass is 10.0. The molecular weight excluding hydrogens is 176 g/mol. The van der Waals surface area contributed by atoms with Gasteiger partial charge in [0.25, 0.3) is 0 Å². The van der Waals surface area contributed by atoms with Gasteiger partial charge in [-0.25, -0.2) is 0 Å². The van der Waals surface area contributed by atoms with Crippen molar-refractivity contribution >= 4 is 0 Å². The second-order valence-corrected chi connectivity index (χ2v) is 3.08. The van der Waals surface area contributed by atoms with Gasteiger partial charge in [0.05, 0.1) is 13.2 Å². The third kappa shape index (κ3) is 2.62. The van der Waals surface area contributed by atoms with Gasteiger partial charge in [-0.05, 0) is 6.92 Å². The molecule has 1 heterocycles. The van der Waals surface area contributed by atoms with Crippen LogP contribution in [0.25, 0.3) is 0 Å². The van der Waals surface area contributed by atoms with E-state index < -0.39 is 24.4 Å². The van der Waals surface area contributed by atoms with E-state index in [2.05, 4.69) is 0 Å². The molecule has 0 saturated carbocycles. The van der Waals surface area contributed by atoms with Gasteiger partial charge in [-0.3, -0.25) is 0 Å². The molecule has 0 spiro atoms. The molecule has 78 valence electrons. The van der Waals surface area contributed by atoms with E-state index in [0.717, 1.165) is 0 Å². The predicted molar refractivity (Wildman–Crippen MR) is 44.3 cm³/mol. The summed E-state index contributed by atoms with van der Waals surface area (Å²) >= 11 is 0. The Bertz CT molecular complexity index is 149. The zero-order chi connectivity index (χ0) is 9.84. The molecule has 0 aliphatic carbocycles. The molecule has 13 heavy (non-hydrogen) atoms. The van der Waals surface area contributed by atoms with E-state index in [1.165, 1.54) is 0 Å². The fraction of sp³-hybridized carbons (Fsp3) is 1.00. The Hall–Kier alpha value is -0.200. The smallest absolute Gasteiger partial charge is 0.111 e. The van der Waals surface area contributed by atoms with Gasteiger partial charge in [0.15, 0.2) is 0 Å². The number of ether oxygens (including phenoxy) is 2. The van der Waals surface area contributed by atoms with Crippen LogP contribution in [0.15, 0.2) is 0 Å². The first-order valence-corrected chi connectivity index (χ1v) is 4.40. The standard InChI is InChI=1S/C8H16O5/c1-2-12-4-6-8(11)7(10)5(9)3-13-6/h5-11H,2-4H2,1H3/t5-,6?,7?,8?/m1/s1. The molecule has 0 aromatic heterocycles. The van der Waals surface area contributed by atoms with Gasteiger partial charge in [0.2, 0.25) is 0 Å². The number of aliphatic hydroxyl groups excluding tert-OH is 3. The summed E-state index contributed by atoms with van der Waals surface area (Å²) in [6, 6.07) is 0. The minimum absolute atomic E-state index is 0.0377. The monoisotopic (exact) mass is 192 g/mol. The van der Waals surface area contributed by atoms with E-state index in [-0.39, 0.29) is 13.2 Å². The van der Waals surface area contributed by atoms with Crippen LogP contribution in [0.5, 0.6) is 0 Å². The van der Waals surface area contributed by atoms with Crippen molar-refractivity contribution in [3.8, 4) is 0 Å². The molecule has 5 nitrogen and oxygen atoms in total. The zero-order valence-electron chi connectivity index (χ0n) is 7.59. The maximum absolute atomic E-state index is 9.42. The van der Waals surface area contributed by atoms with Crippen LogP contribution in [0.4, 0.5) is 0 Å². The normalized spacial score (nSPS) is 40.6. The Morgan fingerprint density at radius 2 is 2.00 bits per heavy atom. The van der Waals surface area contributed by atoms with Gasteiger partial charge in [-0.1, -0.05) is 0 Å². The zero-order valence-corrected chi connectivity index (χ0v) is 7.59. The van der Waals surface area contributed by atoms with Gasteiger partial charge >= 0.3 is 0 Å². The Kier molecular flexibility index (Phi) is 4.08. The Balaban J connectivity index is 2.39. The van der Waals surface area contributed by atoms with Crippen molar-refractivity contribution in [2.45, 2.75) is 31.3 Å². The van der Waals surface area contributed by atoms with Crippen LogP contribution in [0.3, 0.4) is 0 Å². The first kappa shape index (κ1) is 10.9. The highest BCUT2D eigenvalue weighted by molar-refractivity contribution is 4.86. The van der Waals surface area contributed by atoms with E-state index in [1.54, 1.807) is 0 Å². The second kappa shape index (κ2) is 4.88. The third-order valence-electron chi connectivity index (χ3n) is 2.09. The van der Waals surface area contributed by atoms with Crippen LogP contribution in [-0.2, 0) is 9.47 Å². The van der Waals surface area contributed by atoms with Crippen LogP contribution in [-0.4, -0.2) is 59.6 Å². The van der Waals surface area contributed by atoms with Gasteiger partial charge in [-0.15, -0.1) is 0 Å². The summed E-state index contributed by atoms with van der Waals surface area (Å²) in [7, 11) is 0. The molecule has 0 radical (unpaired) electrons. The molecule has 1 aliphatic heterocycles. The van der Waals surface area contributed by atoms with Gasteiger partial charge in [0, 0.05) is 6.61 Å². The average molecular weight is 192 g/mol. The first-order chi connectivity index (χ1) is 6.16. The third-order valence-corrected chi connectivity index (χ3v) is 2.09. The predicted octanol–water partition coefficient (Wildman–Crippen LogP) is -1.50. The molecule has 0 bridgehead atoms. The quantitative estimate of drug-likeness (QED) is 0.507. The molecular formula is C8H16O5. The van der Waals surface area contributed by atoms with Crippen molar-refractivity contribution in [1.82, 2.24) is 0 Å². The summed E-state index contributed by atoms with van der Waals surface area (Å²) < 4.78 is 10.1. The van der Waals surface area contributed by atoms with Crippen molar-refractivity contribution in [2.24, 2.45) is 0 Å². The van der Waals surface area contributed by atoms with Crippen LogP contribution in [0.2, 0.25) is 0 Å². The lowest BCUT2D eigenvalue weighted by Gasteiger charge is -2.34. The Morgan fingerprint density at radius 1 is 1.31 bits per heavy atom. The minimum Gasteiger partial charge on any atom is -0.388 e. The van der Waals surface area contributed by atoms with Crippen molar-refractivity contribution in [3.63, 3.8) is 0 Å². The van der Waals surface area contributed by atoms with Gasteiger partial charge in [-0.2, -0.15) is 0 Å². The number of hydrogen-bond acceptors (Lipinski definition) is 5. The molecule has 1 saturated heterocycles. The Labute approximate surface area is 76.9 Å². The van der Waals surface area contributed by atoms with Gasteiger partial charge < -0.3 is 24.8 Å². The maximum atomic E-state index is 9.42. The van der Waals surface area contributed by atoms with E-state index in [9.17, 15) is 10.2 Å². The average Bonchev–Trinajstić information content (AvgIpc) is 2.13. The summed E-state index contributed by atoms with van der Waals surface area (Å²) in [5.74, 6) is 0. The summed E-state index contributed by atoms with van der Waals surface area (Å²) in [6.45, 7) is 2.64. The van der Waals surface area contributed by atoms with E-state index >= 15 is 0 Å². The summed E-state index contributed by atoms with van der Waals surface area (Å²) in [4.78, 5) is 0. The lowest BCUT2D eigenvalue weighted by molar-refractivity contribution is -0.199. The molecule has 1 rings (SSSR count). The summed E-state index contributed by atoms with van der Waals surface area (Å²) in [6.07, 6.45) is -3.76. The summed E-state index contributed by atoms with van der Waals surface area (Å²) in [5.41, 5.74) is 0. The molecule has 3 N–H and O–H groups in total. The number of hydrogen-bond donors (Lipinski definition) is 3. The molecule has 0 aromatic rings. The van der Waals surface area contributed by atoms with Crippen molar-refractivity contribution in [3.05, 3.63) is 0 Å². The molecule has 4 atom stereocenters. The number of rotatable bonds is 3. The molecule has 1 aliphatic rings. The van der Waals surface area contributed by atoms with Crippen LogP contribution in [0.1, 0.15) is 6.92 Å². The van der Waals surface area contributed by atoms with Crippen molar-refractivity contribution in [1.29, 1.82) is 0 Å². The SMILES string of the molecule is CCOCC1OC[C@@H](O)C(O)C1O. The fourth-order valence-electron chi connectivity index (χ4n) is 1.25. The van der Waals surface area contributed by atoms with Crippen LogP contribution >= 0.6 is 0 Å². The number of aliphatic hydroxyl groups is 3. The molecule has 0 aromatic carbocycles. The topological polar surface area (TPSA) is 79.2 Å². The first-order valence-electron chi connectivity index (χ1n) is 4.40. The summed E-state index contributed by atoms with van der Waals surface area (Å²) in [5, 5.41) is 27.8. The Morgan fingerprint density at radius 3 is 2.62 bits per heavy atom. The highest BCUT2D eigenvalue weighted by Gasteiger charge is 2.37. The maximum Gasteiger partial charge on any atom is 0.111 e. The minimum atomic E-state index is -1.14. The van der Waals surface area contributed by atoms with Crippen LogP contribution < -0.4 is 0 Å². The van der Waals surface area contributed by atoms with Crippen molar-refractivity contribution < 1.29 is 24.8 Å².